The van der Waals surface area contributed by atoms with Crippen LogP contribution in [0.2, 0.25) is 0 Å². The number of nitrogens with zero attached hydrogens (tertiary/aromatic N) is 1. The third kappa shape index (κ3) is 2.26. The van der Waals surface area contributed by atoms with Crippen molar-refractivity contribution in [1.29, 1.82) is 0 Å². The summed E-state index contributed by atoms with van der Waals surface area (Å²) in [6, 6.07) is 8.11. The smallest absolute Gasteiger partial charge is 0.236 e. The minimum atomic E-state index is -0.0100. The van der Waals surface area contributed by atoms with Gasteiger partial charge >= 0.3 is 0 Å². The third-order valence-electron chi connectivity index (χ3n) is 3.77. The molecule has 2 aliphatic heterocycles. The molecule has 0 spiro atoms. The van der Waals surface area contributed by atoms with Crippen LogP contribution in [0.3, 0.4) is 0 Å². The molecule has 2 aliphatic rings. The van der Waals surface area contributed by atoms with Crippen molar-refractivity contribution in [2.24, 2.45) is 0 Å². The molecule has 1 fully saturated rings. The van der Waals surface area contributed by atoms with Gasteiger partial charge in [-0.2, -0.15) is 4.74 Å². The van der Waals surface area contributed by atoms with E-state index in [-0.39, 0.29) is 6.10 Å². The lowest BCUT2D eigenvalue weighted by Gasteiger charge is -2.31. The highest BCUT2D eigenvalue weighted by Crippen LogP contribution is 2.33. The second kappa shape index (κ2) is 5.60. The van der Waals surface area contributed by atoms with E-state index in [2.05, 4.69) is 5.32 Å². The van der Waals surface area contributed by atoms with E-state index in [0.29, 0.717) is 6.61 Å². The van der Waals surface area contributed by atoms with Gasteiger partial charge in [0.25, 0.3) is 0 Å². The number of benzene rings is 1. The first-order valence-electron chi connectivity index (χ1n) is 6.74. The van der Waals surface area contributed by atoms with E-state index in [1.807, 2.05) is 37.4 Å². The van der Waals surface area contributed by atoms with Gasteiger partial charge in [-0.05, 0) is 30.5 Å². The Labute approximate surface area is 123 Å². The molecule has 20 heavy (non-hydrogen) atoms. The molecule has 1 atom stereocenters. The maximum absolute atomic E-state index is 12.1. The van der Waals surface area contributed by atoms with Gasteiger partial charge in [-0.1, -0.05) is 0 Å². The van der Waals surface area contributed by atoms with Crippen molar-refractivity contribution < 1.29 is 9.48 Å². The van der Waals surface area contributed by atoms with Crippen LogP contribution in [-0.4, -0.2) is 42.5 Å². The normalized spacial score (nSPS) is 23.0. The molecule has 0 amide bonds. The van der Waals surface area contributed by atoms with Gasteiger partial charge in [-0.15, -0.1) is 11.8 Å². The Hall–Kier alpha value is -1.30. The van der Waals surface area contributed by atoms with Gasteiger partial charge in [0, 0.05) is 30.5 Å². The van der Waals surface area contributed by atoms with Gasteiger partial charge in [0.15, 0.2) is 0 Å². The Kier molecular flexibility index (Phi) is 3.83. The SMILES string of the molecule is CSc1ccc(C2=C(C3CNCCO3)C(C)=[N+]2[O-])cc1. The lowest BCUT2D eigenvalue weighted by atomic mass is 9.92. The first kappa shape index (κ1) is 13.7. The summed E-state index contributed by atoms with van der Waals surface area (Å²) in [5.74, 6) is 0. The predicted molar refractivity (Wildman–Crippen MR) is 82.1 cm³/mol. The van der Waals surface area contributed by atoms with Crippen LogP contribution in [0.5, 0.6) is 0 Å². The molecule has 1 saturated heterocycles. The van der Waals surface area contributed by atoms with Gasteiger partial charge in [-0.3, -0.25) is 0 Å². The zero-order chi connectivity index (χ0) is 14.1. The summed E-state index contributed by atoms with van der Waals surface area (Å²) in [4.78, 5) is 1.20. The van der Waals surface area contributed by atoms with Crippen molar-refractivity contribution in [2.45, 2.75) is 17.9 Å². The van der Waals surface area contributed by atoms with E-state index >= 15 is 0 Å². The van der Waals surface area contributed by atoms with Gasteiger partial charge in [0.2, 0.25) is 11.4 Å². The molecule has 106 valence electrons. The van der Waals surface area contributed by atoms with Crippen LogP contribution in [0.1, 0.15) is 12.5 Å². The second-order valence-electron chi connectivity index (χ2n) is 4.93. The summed E-state index contributed by atoms with van der Waals surface area (Å²) in [6.45, 7) is 4.20. The Bertz CT molecular complexity index is 572. The molecular formula is C15H18N2O2S. The fraction of sp³-hybridized carbons (Fsp3) is 0.400. The molecule has 0 bridgehead atoms. The number of ether oxygens (including phenoxy) is 1. The summed E-state index contributed by atoms with van der Waals surface area (Å²) < 4.78 is 6.80. The average molecular weight is 290 g/mol. The largest absolute Gasteiger partial charge is 0.618 e. The van der Waals surface area contributed by atoms with Crippen LogP contribution in [0.15, 0.2) is 34.7 Å². The van der Waals surface area contributed by atoms with E-state index in [4.69, 9.17) is 4.74 Å². The highest BCUT2D eigenvalue weighted by atomic mass is 32.2. The van der Waals surface area contributed by atoms with Gasteiger partial charge in [-0.25, -0.2) is 0 Å². The number of morpholine rings is 1. The molecule has 0 radical (unpaired) electrons. The zero-order valence-electron chi connectivity index (χ0n) is 11.7. The Morgan fingerprint density at radius 1 is 1.35 bits per heavy atom. The molecule has 3 rings (SSSR count). The molecule has 1 N–H and O–H groups in total. The molecule has 4 nitrogen and oxygen atoms in total. The number of hydrogen-bond donors (Lipinski definition) is 1. The monoisotopic (exact) mass is 290 g/mol. The predicted octanol–water partition coefficient (Wildman–Crippen LogP) is 2.09. The number of rotatable bonds is 3. The Balaban J connectivity index is 1.93. The van der Waals surface area contributed by atoms with Crippen molar-refractivity contribution in [1.82, 2.24) is 5.32 Å². The molecule has 0 saturated carbocycles. The average Bonchev–Trinajstić information content (AvgIpc) is 2.52. The molecule has 1 aromatic carbocycles. The fourth-order valence-corrected chi connectivity index (χ4v) is 3.07. The standard InChI is InChI=1S/C15H18N2O2S/c1-10-14(13-9-16-7-8-19-13)15(17(10)18)11-3-5-12(20-2)6-4-11/h3-6,13,16H,7-9H2,1-2H3. The lowest BCUT2D eigenvalue weighted by molar-refractivity contribution is -0.365. The third-order valence-corrected chi connectivity index (χ3v) is 4.51. The highest BCUT2D eigenvalue weighted by Gasteiger charge is 2.39. The first-order chi connectivity index (χ1) is 9.72. The van der Waals surface area contributed by atoms with Crippen LogP contribution in [0.25, 0.3) is 5.70 Å². The minimum absolute atomic E-state index is 0.0100. The van der Waals surface area contributed by atoms with E-state index in [9.17, 15) is 5.21 Å². The van der Waals surface area contributed by atoms with E-state index in [0.717, 1.165) is 40.4 Å². The zero-order valence-corrected chi connectivity index (χ0v) is 12.5. The summed E-state index contributed by atoms with van der Waals surface area (Å²) in [5, 5.41) is 15.4. The van der Waals surface area contributed by atoms with Crippen molar-refractivity contribution in [3.8, 4) is 0 Å². The summed E-state index contributed by atoms with van der Waals surface area (Å²) in [5.41, 5.74) is 3.53. The van der Waals surface area contributed by atoms with Crippen molar-refractivity contribution >= 4 is 23.2 Å². The lowest BCUT2D eigenvalue weighted by Crippen LogP contribution is -2.45. The number of thioether (sulfide) groups is 1. The first-order valence-corrected chi connectivity index (χ1v) is 7.97. The molecule has 1 aromatic rings. The molecule has 5 heteroatoms. The summed E-state index contributed by atoms with van der Waals surface area (Å²) in [6.07, 6.45) is 2.03. The summed E-state index contributed by atoms with van der Waals surface area (Å²) >= 11 is 1.70. The van der Waals surface area contributed by atoms with Crippen LogP contribution in [-0.2, 0) is 4.74 Å². The highest BCUT2D eigenvalue weighted by molar-refractivity contribution is 7.98. The van der Waals surface area contributed by atoms with E-state index < -0.39 is 0 Å². The van der Waals surface area contributed by atoms with Crippen LogP contribution < -0.4 is 5.32 Å². The van der Waals surface area contributed by atoms with Crippen molar-refractivity contribution in [3.05, 3.63) is 40.6 Å². The molecular weight excluding hydrogens is 272 g/mol. The fourth-order valence-electron chi connectivity index (χ4n) is 2.66. The van der Waals surface area contributed by atoms with Crippen LogP contribution in [0.4, 0.5) is 0 Å². The summed E-state index contributed by atoms with van der Waals surface area (Å²) in [7, 11) is 0. The number of nitrogens with one attached hydrogen (secondary N) is 1. The Morgan fingerprint density at radius 3 is 2.70 bits per heavy atom. The molecule has 0 aliphatic carbocycles. The topological polar surface area (TPSA) is 47.3 Å². The van der Waals surface area contributed by atoms with E-state index in [1.165, 1.54) is 4.90 Å². The Morgan fingerprint density at radius 2 is 2.10 bits per heavy atom. The molecule has 2 heterocycles. The van der Waals surface area contributed by atoms with E-state index in [1.54, 1.807) is 11.8 Å². The van der Waals surface area contributed by atoms with Gasteiger partial charge < -0.3 is 15.3 Å². The van der Waals surface area contributed by atoms with Crippen LogP contribution in [0, 0.1) is 5.21 Å². The van der Waals surface area contributed by atoms with Gasteiger partial charge in [0.05, 0.1) is 6.61 Å². The quantitative estimate of drug-likeness (QED) is 0.526. The maximum Gasteiger partial charge on any atom is 0.236 e. The van der Waals surface area contributed by atoms with Crippen molar-refractivity contribution in [3.63, 3.8) is 0 Å². The van der Waals surface area contributed by atoms with Crippen LogP contribution >= 0.6 is 11.8 Å². The maximum atomic E-state index is 12.1. The molecule has 1 unspecified atom stereocenters. The number of hydrogen-bond acceptors (Lipinski definition) is 4. The minimum Gasteiger partial charge on any atom is -0.618 e. The molecule has 0 aromatic heterocycles. The second-order valence-corrected chi connectivity index (χ2v) is 5.81. The van der Waals surface area contributed by atoms with Gasteiger partial charge in [0.1, 0.15) is 11.7 Å². The van der Waals surface area contributed by atoms with Crippen molar-refractivity contribution in [2.75, 3.05) is 26.0 Å². The number of hydroxylamine groups is 1.